The summed E-state index contributed by atoms with van der Waals surface area (Å²) in [6.07, 6.45) is 3.50. The number of aryl methyl sites for hydroxylation is 1. The summed E-state index contributed by atoms with van der Waals surface area (Å²) >= 11 is 0. The van der Waals surface area contributed by atoms with Crippen LogP contribution in [-0.4, -0.2) is 10.1 Å². The van der Waals surface area contributed by atoms with Gasteiger partial charge in [0, 0.05) is 29.9 Å². The summed E-state index contributed by atoms with van der Waals surface area (Å²) in [6, 6.07) is 11.9. The number of phenols is 1. The van der Waals surface area contributed by atoms with Crippen molar-refractivity contribution in [3.8, 4) is 5.75 Å². The van der Waals surface area contributed by atoms with Crippen molar-refractivity contribution in [2.24, 2.45) is 0 Å². The molecule has 0 aliphatic heterocycles. The maximum Gasteiger partial charge on any atom is 0.336 e. The molecule has 0 unspecified atom stereocenters. The Bertz CT molecular complexity index is 694. The number of aromatic hydroxyl groups is 1. The van der Waals surface area contributed by atoms with Gasteiger partial charge in [0.15, 0.2) is 0 Å². The summed E-state index contributed by atoms with van der Waals surface area (Å²) < 4.78 is 4.91. The highest BCUT2D eigenvalue weighted by Crippen LogP contribution is 2.20. The van der Waals surface area contributed by atoms with Crippen molar-refractivity contribution >= 4 is 11.0 Å². The lowest BCUT2D eigenvalue weighted by molar-refractivity contribution is 0.473. The van der Waals surface area contributed by atoms with Crippen molar-refractivity contribution in [1.29, 1.82) is 0 Å². The summed E-state index contributed by atoms with van der Waals surface area (Å²) in [7, 11) is 0. The number of fused-ring (bicyclic) bond motifs is 1. The molecule has 0 aliphatic carbocycles. The molecule has 1 aromatic carbocycles. The molecular weight excluding hydrogens is 242 g/mol. The van der Waals surface area contributed by atoms with Gasteiger partial charge in [0.2, 0.25) is 0 Å². The van der Waals surface area contributed by atoms with Gasteiger partial charge in [0.05, 0.1) is 0 Å². The third-order valence-corrected chi connectivity index (χ3v) is 2.50. The van der Waals surface area contributed by atoms with Gasteiger partial charge in [0.25, 0.3) is 0 Å². The predicted octanol–water partition coefficient (Wildman–Crippen LogP) is 2.89. The summed E-state index contributed by atoms with van der Waals surface area (Å²) in [5.41, 5.74) is 0.881. The molecule has 0 radical (unpaired) electrons. The zero-order valence-corrected chi connectivity index (χ0v) is 10.4. The highest BCUT2D eigenvalue weighted by molar-refractivity contribution is 5.81. The van der Waals surface area contributed by atoms with Gasteiger partial charge in [-0.15, -0.1) is 0 Å². The monoisotopic (exact) mass is 255 g/mol. The molecule has 0 bridgehead atoms. The van der Waals surface area contributed by atoms with Crippen LogP contribution in [0.25, 0.3) is 11.0 Å². The molecule has 3 rings (SSSR count). The van der Waals surface area contributed by atoms with Crippen LogP contribution in [0.3, 0.4) is 0 Å². The van der Waals surface area contributed by atoms with Crippen molar-refractivity contribution in [2.75, 3.05) is 0 Å². The summed E-state index contributed by atoms with van der Waals surface area (Å²) in [4.78, 5) is 14.8. The Morgan fingerprint density at radius 3 is 2.42 bits per heavy atom. The third kappa shape index (κ3) is 3.42. The van der Waals surface area contributed by atoms with Crippen LogP contribution in [0.4, 0.5) is 0 Å². The molecule has 0 fully saturated rings. The largest absolute Gasteiger partial charge is 0.508 e. The van der Waals surface area contributed by atoms with E-state index in [0.717, 1.165) is 10.9 Å². The number of benzene rings is 1. The highest BCUT2D eigenvalue weighted by atomic mass is 16.4. The Labute approximate surface area is 110 Å². The fraction of sp³-hybridized carbons (Fsp3) is 0.0667. The fourth-order valence-corrected chi connectivity index (χ4v) is 1.63. The van der Waals surface area contributed by atoms with Gasteiger partial charge in [0.1, 0.15) is 11.3 Å². The number of hydrogen-bond donors (Lipinski definition) is 1. The lowest BCUT2D eigenvalue weighted by Gasteiger charge is -1.99. The molecule has 2 heterocycles. The fourth-order valence-electron chi connectivity index (χ4n) is 1.63. The number of nitrogens with zero attached hydrogens (tertiary/aromatic N) is 1. The molecular formula is C15H13NO3. The van der Waals surface area contributed by atoms with Crippen LogP contribution in [-0.2, 0) is 0 Å². The lowest BCUT2D eigenvalue weighted by atomic mass is 10.1. The molecule has 4 heteroatoms. The summed E-state index contributed by atoms with van der Waals surface area (Å²) in [5, 5.41) is 9.99. The first-order valence-electron chi connectivity index (χ1n) is 5.75. The molecule has 0 saturated heterocycles. The third-order valence-electron chi connectivity index (χ3n) is 2.50. The van der Waals surface area contributed by atoms with E-state index in [-0.39, 0.29) is 5.75 Å². The van der Waals surface area contributed by atoms with Crippen molar-refractivity contribution in [3.05, 3.63) is 70.8 Å². The topological polar surface area (TPSA) is 63.3 Å². The number of phenolic OH excluding ortho intramolecular Hbond substituents is 1. The summed E-state index contributed by atoms with van der Waals surface area (Å²) in [5.74, 6) is 0.0984. The smallest absolute Gasteiger partial charge is 0.336 e. The second-order valence-electron chi connectivity index (χ2n) is 3.95. The molecule has 0 spiro atoms. The van der Waals surface area contributed by atoms with Crippen LogP contribution >= 0.6 is 0 Å². The van der Waals surface area contributed by atoms with Gasteiger partial charge in [-0.25, -0.2) is 4.79 Å². The Balaban J connectivity index is 0.000000186. The Morgan fingerprint density at radius 2 is 1.84 bits per heavy atom. The second-order valence-corrected chi connectivity index (χ2v) is 3.95. The molecule has 19 heavy (non-hydrogen) atoms. The van der Waals surface area contributed by atoms with Crippen LogP contribution in [0.5, 0.6) is 5.75 Å². The van der Waals surface area contributed by atoms with Crippen molar-refractivity contribution in [2.45, 2.75) is 6.92 Å². The minimum absolute atomic E-state index is 0.0984. The molecule has 2 aromatic heterocycles. The van der Waals surface area contributed by atoms with E-state index in [1.54, 1.807) is 24.5 Å². The van der Waals surface area contributed by atoms with Crippen LogP contribution in [0, 0.1) is 6.92 Å². The van der Waals surface area contributed by atoms with E-state index < -0.39 is 5.63 Å². The predicted molar refractivity (Wildman–Crippen MR) is 73.1 cm³/mol. The average molecular weight is 255 g/mol. The van der Waals surface area contributed by atoms with Gasteiger partial charge in [-0.3, -0.25) is 4.98 Å². The average Bonchev–Trinajstić information content (AvgIpc) is 2.40. The minimum atomic E-state index is -0.393. The van der Waals surface area contributed by atoms with E-state index >= 15 is 0 Å². The molecule has 96 valence electrons. The van der Waals surface area contributed by atoms with Crippen LogP contribution in [0.1, 0.15) is 5.56 Å². The second kappa shape index (κ2) is 5.82. The van der Waals surface area contributed by atoms with E-state index in [1.807, 2.05) is 25.1 Å². The lowest BCUT2D eigenvalue weighted by Crippen LogP contribution is -1.97. The zero-order valence-electron chi connectivity index (χ0n) is 10.4. The van der Waals surface area contributed by atoms with Crippen molar-refractivity contribution in [3.63, 3.8) is 0 Å². The quantitative estimate of drug-likeness (QED) is 0.627. The van der Waals surface area contributed by atoms with Crippen molar-refractivity contribution in [1.82, 2.24) is 4.98 Å². The van der Waals surface area contributed by atoms with Gasteiger partial charge < -0.3 is 9.52 Å². The summed E-state index contributed by atoms with van der Waals surface area (Å²) in [6.45, 7) is 1.83. The van der Waals surface area contributed by atoms with E-state index in [9.17, 15) is 4.79 Å². The van der Waals surface area contributed by atoms with E-state index in [1.165, 1.54) is 12.1 Å². The first kappa shape index (κ1) is 12.8. The van der Waals surface area contributed by atoms with Gasteiger partial charge in [-0.05, 0) is 36.8 Å². The van der Waals surface area contributed by atoms with Crippen LogP contribution in [0.2, 0.25) is 0 Å². The number of rotatable bonds is 0. The minimum Gasteiger partial charge on any atom is -0.508 e. The maximum absolute atomic E-state index is 11.0. The Morgan fingerprint density at radius 1 is 1.11 bits per heavy atom. The SMILES string of the molecule is Cc1cc(=O)oc2cc(O)ccc12.c1ccncc1. The molecule has 1 N–H and O–H groups in total. The maximum atomic E-state index is 11.0. The zero-order chi connectivity index (χ0) is 13.7. The molecule has 3 aromatic rings. The molecule has 0 amide bonds. The van der Waals surface area contributed by atoms with E-state index in [2.05, 4.69) is 4.98 Å². The number of aromatic nitrogens is 1. The Hall–Kier alpha value is -2.62. The van der Waals surface area contributed by atoms with Gasteiger partial charge in [-0.2, -0.15) is 0 Å². The van der Waals surface area contributed by atoms with Gasteiger partial charge >= 0.3 is 5.63 Å². The van der Waals surface area contributed by atoms with Gasteiger partial charge in [-0.1, -0.05) is 6.07 Å². The molecule has 0 aliphatic rings. The number of hydrogen-bond acceptors (Lipinski definition) is 4. The highest BCUT2D eigenvalue weighted by Gasteiger charge is 2.01. The first-order chi connectivity index (χ1) is 9.16. The molecule has 0 atom stereocenters. The Kier molecular flexibility index (Phi) is 3.93. The van der Waals surface area contributed by atoms with E-state index in [0.29, 0.717) is 5.58 Å². The van der Waals surface area contributed by atoms with Crippen LogP contribution in [0.15, 0.2) is 64.1 Å². The number of pyridine rings is 1. The van der Waals surface area contributed by atoms with Crippen molar-refractivity contribution < 1.29 is 9.52 Å². The first-order valence-corrected chi connectivity index (χ1v) is 5.75. The standard InChI is InChI=1S/C10H8O3.C5H5N/c1-6-4-10(12)13-9-5-7(11)2-3-8(6)9;1-2-4-6-5-3-1/h2-5,11H,1H3;1-5H. The van der Waals surface area contributed by atoms with E-state index in [4.69, 9.17) is 9.52 Å². The normalized spacial score (nSPS) is 9.74. The molecule has 4 nitrogen and oxygen atoms in total. The molecule has 0 saturated carbocycles. The van der Waals surface area contributed by atoms with Crippen LogP contribution < -0.4 is 5.63 Å².